The van der Waals surface area contributed by atoms with E-state index in [1.54, 1.807) is 0 Å². The van der Waals surface area contributed by atoms with E-state index in [0.29, 0.717) is 6.04 Å². The highest BCUT2D eigenvalue weighted by Gasteiger charge is 2.25. The van der Waals surface area contributed by atoms with Crippen LogP contribution in [-0.4, -0.2) is 13.1 Å². The molecule has 0 aliphatic heterocycles. The van der Waals surface area contributed by atoms with Crippen LogP contribution in [0.1, 0.15) is 39.0 Å². The van der Waals surface area contributed by atoms with Gasteiger partial charge in [-0.25, -0.2) is 0 Å². The third-order valence-corrected chi connectivity index (χ3v) is 4.62. The molecule has 0 heterocycles. The monoisotopic (exact) mass is 266 g/mol. The summed E-state index contributed by atoms with van der Waals surface area (Å²) in [6.45, 7) is 2.29. The van der Waals surface area contributed by atoms with Gasteiger partial charge in [-0.2, -0.15) is 0 Å². The maximum Gasteiger partial charge on any atom is 0.0789 e. The molecule has 2 nitrogen and oxygen atoms in total. The molecule has 0 atom stereocenters. The highest BCUT2D eigenvalue weighted by molar-refractivity contribution is 6.34. The van der Waals surface area contributed by atoms with E-state index in [1.165, 1.54) is 32.1 Å². The molecule has 0 unspecified atom stereocenters. The maximum atomic E-state index is 6.28. The van der Waals surface area contributed by atoms with Gasteiger partial charge < -0.3 is 10.6 Å². The quantitative estimate of drug-likeness (QED) is 0.826. The Balaban J connectivity index is 2.10. The van der Waals surface area contributed by atoms with Crippen LogP contribution >= 0.6 is 11.6 Å². The van der Waals surface area contributed by atoms with Gasteiger partial charge in [0, 0.05) is 13.1 Å². The average Bonchev–Trinajstić information content (AvgIpc) is 2.38. The first kappa shape index (κ1) is 13.5. The zero-order chi connectivity index (χ0) is 13.1. The number of hydrogen-bond donors (Lipinski definition) is 1. The Kier molecular flexibility index (Phi) is 4.39. The molecule has 100 valence electrons. The number of nitrogens with zero attached hydrogens (tertiary/aromatic N) is 1. The highest BCUT2D eigenvalue weighted by atomic mass is 35.5. The van der Waals surface area contributed by atoms with E-state index < -0.39 is 0 Å². The van der Waals surface area contributed by atoms with Crippen molar-refractivity contribution in [2.24, 2.45) is 5.92 Å². The number of rotatable bonds is 3. The second-order valence-corrected chi connectivity index (χ2v) is 5.78. The lowest BCUT2D eigenvalue weighted by Gasteiger charge is -2.36. The van der Waals surface area contributed by atoms with E-state index in [1.807, 2.05) is 18.2 Å². The topological polar surface area (TPSA) is 29.3 Å². The van der Waals surface area contributed by atoms with Crippen LogP contribution in [0.15, 0.2) is 18.2 Å². The number of anilines is 2. The smallest absolute Gasteiger partial charge is 0.0789 e. The molecule has 0 aromatic heterocycles. The molecule has 1 aromatic carbocycles. The van der Waals surface area contributed by atoms with Crippen LogP contribution in [0.3, 0.4) is 0 Å². The first-order chi connectivity index (χ1) is 8.63. The lowest BCUT2D eigenvalue weighted by molar-refractivity contribution is 0.313. The summed E-state index contributed by atoms with van der Waals surface area (Å²) < 4.78 is 0. The molecular weight excluding hydrogens is 244 g/mol. The first-order valence-corrected chi connectivity index (χ1v) is 7.28. The van der Waals surface area contributed by atoms with E-state index in [-0.39, 0.29) is 0 Å². The average molecular weight is 267 g/mol. The molecule has 1 aliphatic rings. The molecule has 1 aromatic rings. The van der Waals surface area contributed by atoms with Crippen LogP contribution in [0.2, 0.25) is 5.02 Å². The van der Waals surface area contributed by atoms with Crippen molar-refractivity contribution in [1.29, 1.82) is 0 Å². The summed E-state index contributed by atoms with van der Waals surface area (Å²) in [5.74, 6) is 0.915. The van der Waals surface area contributed by atoms with Gasteiger partial charge in [0.1, 0.15) is 0 Å². The maximum absolute atomic E-state index is 6.28. The van der Waals surface area contributed by atoms with Crippen LogP contribution in [0.25, 0.3) is 0 Å². The molecule has 0 saturated heterocycles. The third kappa shape index (κ3) is 2.74. The Morgan fingerprint density at radius 2 is 1.94 bits per heavy atom. The van der Waals surface area contributed by atoms with Gasteiger partial charge in [-0.05, 0) is 43.7 Å². The Morgan fingerprint density at radius 3 is 2.50 bits per heavy atom. The van der Waals surface area contributed by atoms with Crippen molar-refractivity contribution in [3.8, 4) is 0 Å². The van der Waals surface area contributed by atoms with Crippen molar-refractivity contribution < 1.29 is 0 Å². The lowest BCUT2D eigenvalue weighted by atomic mass is 9.84. The van der Waals surface area contributed by atoms with Gasteiger partial charge in [0.15, 0.2) is 0 Å². The van der Waals surface area contributed by atoms with Gasteiger partial charge >= 0.3 is 0 Å². The second kappa shape index (κ2) is 5.83. The molecule has 0 bridgehead atoms. The summed E-state index contributed by atoms with van der Waals surface area (Å²) >= 11 is 6.28. The predicted molar refractivity (Wildman–Crippen MR) is 80.3 cm³/mol. The summed E-state index contributed by atoms with van der Waals surface area (Å²) in [7, 11) is 2.12. The molecule has 0 spiro atoms. The summed E-state index contributed by atoms with van der Waals surface area (Å²) in [5.41, 5.74) is 7.84. The molecule has 2 N–H and O–H groups in total. The Labute approximate surface area is 115 Å². The molecule has 2 rings (SSSR count). The summed E-state index contributed by atoms with van der Waals surface area (Å²) in [4.78, 5) is 2.28. The van der Waals surface area contributed by atoms with E-state index in [0.717, 1.165) is 22.3 Å². The van der Waals surface area contributed by atoms with Gasteiger partial charge in [0.25, 0.3) is 0 Å². The molecule has 1 fully saturated rings. The second-order valence-electron chi connectivity index (χ2n) is 5.37. The molecule has 0 amide bonds. The Hall–Kier alpha value is -0.890. The largest absolute Gasteiger partial charge is 0.397 e. The predicted octanol–water partition coefficient (Wildman–Crippen LogP) is 4.33. The highest BCUT2D eigenvalue weighted by Crippen LogP contribution is 2.36. The van der Waals surface area contributed by atoms with E-state index in [2.05, 4.69) is 18.9 Å². The van der Waals surface area contributed by atoms with Crippen LogP contribution in [-0.2, 0) is 0 Å². The summed E-state index contributed by atoms with van der Waals surface area (Å²) in [5, 5.41) is 0.759. The van der Waals surface area contributed by atoms with Gasteiger partial charge in [0.05, 0.1) is 16.4 Å². The van der Waals surface area contributed by atoms with Gasteiger partial charge in [0.2, 0.25) is 0 Å². The van der Waals surface area contributed by atoms with Crippen LogP contribution < -0.4 is 10.6 Å². The normalized spacial score (nSPS) is 23.9. The molecule has 0 radical (unpaired) electrons. The van der Waals surface area contributed by atoms with Crippen molar-refractivity contribution in [3.63, 3.8) is 0 Å². The summed E-state index contributed by atoms with van der Waals surface area (Å²) in [6, 6.07) is 6.33. The number of para-hydroxylation sites is 1. The number of nitrogen functional groups attached to an aromatic ring is 1. The van der Waals surface area contributed by atoms with Gasteiger partial charge in [-0.3, -0.25) is 0 Å². The van der Waals surface area contributed by atoms with Gasteiger partial charge in [-0.1, -0.05) is 31.0 Å². The third-order valence-electron chi connectivity index (χ3n) is 4.31. The minimum absolute atomic E-state index is 0.579. The fourth-order valence-electron chi connectivity index (χ4n) is 3.03. The first-order valence-electron chi connectivity index (χ1n) is 6.90. The van der Waals surface area contributed by atoms with Crippen LogP contribution in [0, 0.1) is 5.92 Å². The minimum atomic E-state index is 0.579. The van der Waals surface area contributed by atoms with E-state index >= 15 is 0 Å². The number of halogens is 1. The zero-order valence-corrected chi connectivity index (χ0v) is 12.1. The van der Waals surface area contributed by atoms with Crippen LogP contribution in [0.4, 0.5) is 11.4 Å². The van der Waals surface area contributed by atoms with E-state index in [9.17, 15) is 0 Å². The number of nitrogens with two attached hydrogens (primary N) is 1. The van der Waals surface area contributed by atoms with Gasteiger partial charge in [-0.15, -0.1) is 0 Å². The zero-order valence-electron chi connectivity index (χ0n) is 11.3. The SMILES string of the molecule is CCC1CCC(N(C)c2c(N)cccc2Cl)CC1. The molecule has 1 aliphatic carbocycles. The van der Waals surface area contributed by atoms with Crippen molar-refractivity contribution in [2.75, 3.05) is 17.7 Å². The van der Waals surface area contributed by atoms with Crippen molar-refractivity contribution in [3.05, 3.63) is 23.2 Å². The van der Waals surface area contributed by atoms with Crippen molar-refractivity contribution in [2.45, 2.75) is 45.1 Å². The standard InChI is InChI=1S/C15H23ClN2/c1-3-11-7-9-12(10-8-11)18(2)15-13(16)5-4-6-14(15)17/h4-6,11-12H,3,7-10,17H2,1-2H3. The number of hydrogen-bond acceptors (Lipinski definition) is 2. The molecule has 3 heteroatoms. The van der Waals surface area contributed by atoms with Crippen LogP contribution in [0.5, 0.6) is 0 Å². The molecule has 18 heavy (non-hydrogen) atoms. The Morgan fingerprint density at radius 1 is 1.28 bits per heavy atom. The number of benzene rings is 1. The van der Waals surface area contributed by atoms with E-state index in [4.69, 9.17) is 17.3 Å². The fraction of sp³-hybridized carbons (Fsp3) is 0.600. The molecular formula is C15H23ClN2. The minimum Gasteiger partial charge on any atom is -0.397 e. The fourth-order valence-corrected chi connectivity index (χ4v) is 3.34. The van der Waals surface area contributed by atoms with Crippen molar-refractivity contribution in [1.82, 2.24) is 0 Å². The summed E-state index contributed by atoms with van der Waals surface area (Å²) in [6.07, 6.45) is 6.47. The molecule has 1 saturated carbocycles. The van der Waals surface area contributed by atoms with Crippen molar-refractivity contribution >= 4 is 23.0 Å². The lowest BCUT2D eigenvalue weighted by Crippen LogP contribution is -2.35. The Bertz CT molecular complexity index is 377.